The van der Waals surface area contributed by atoms with Gasteiger partial charge in [-0.05, 0) is 35.4 Å². The highest BCUT2D eigenvalue weighted by atomic mass is 16.3. The van der Waals surface area contributed by atoms with Gasteiger partial charge in [0.05, 0.1) is 0 Å². The zero-order chi connectivity index (χ0) is 15.5. The summed E-state index contributed by atoms with van der Waals surface area (Å²) in [5, 5.41) is 19.8. The third-order valence-electron chi connectivity index (χ3n) is 3.56. The van der Waals surface area contributed by atoms with Crippen molar-refractivity contribution in [3.63, 3.8) is 0 Å². The molecule has 0 saturated carbocycles. The molecule has 0 fully saturated rings. The van der Waals surface area contributed by atoms with Gasteiger partial charge in [-0.15, -0.1) is 0 Å². The van der Waals surface area contributed by atoms with Gasteiger partial charge < -0.3 is 10.2 Å². The van der Waals surface area contributed by atoms with Crippen molar-refractivity contribution < 1.29 is 15.0 Å². The maximum atomic E-state index is 11.4. The zero-order valence-electron chi connectivity index (χ0n) is 11.7. The van der Waals surface area contributed by atoms with Crippen LogP contribution in [0.5, 0.6) is 11.5 Å². The Balaban J connectivity index is 2.33. The van der Waals surface area contributed by atoms with E-state index in [9.17, 15) is 15.0 Å². The first kappa shape index (κ1) is 13.9. The van der Waals surface area contributed by atoms with E-state index < -0.39 is 0 Å². The van der Waals surface area contributed by atoms with Crippen molar-refractivity contribution in [1.29, 1.82) is 0 Å². The number of phenols is 2. The highest BCUT2D eigenvalue weighted by Crippen LogP contribution is 2.40. The van der Waals surface area contributed by atoms with E-state index in [1.54, 1.807) is 30.3 Å². The molecule has 3 nitrogen and oxygen atoms in total. The van der Waals surface area contributed by atoms with Crippen LogP contribution in [0.1, 0.15) is 10.4 Å². The third-order valence-corrected chi connectivity index (χ3v) is 3.56. The predicted molar refractivity (Wildman–Crippen MR) is 86.0 cm³/mol. The first-order valence-corrected chi connectivity index (χ1v) is 6.86. The Labute approximate surface area is 128 Å². The molecule has 0 amide bonds. The number of benzene rings is 3. The van der Waals surface area contributed by atoms with Gasteiger partial charge in [0.1, 0.15) is 11.5 Å². The van der Waals surface area contributed by atoms with Crippen LogP contribution in [-0.4, -0.2) is 16.5 Å². The summed E-state index contributed by atoms with van der Waals surface area (Å²) < 4.78 is 0. The van der Waals surface area contributed by atoms with Gasteiger partial charge in [-0.25, -0.2) is 0 Å². The average Bonchev–Trinajstić information content (AvgIpc) is 2.56. The van der Waals surface area contributed by atoms with E-state index in [0.29, 0.717) is 16.7 Å². The van der Waals surface area contributed by atoms with Crippen LogP contribution in [0.15, 0.2) is 66.7 Å². The molecule has 0 aromatic heterocycles. The second-order valence-corrected chi connectivity index (χ2v) is 4.95. The fourth-order valence-electron chi connectivity index (χ4n) is 2.54. The zero-order valence-corrected chi connectivity index (χ0v) is 11.7. The quantitative estimate of drug-likeness (QED) is 0.709. The molecule has 3 heteroatoms. The van der Waals surface area contributed by atoms with Crippen molar-refractivity contribution in [2.75, 3.05) is 0 Å². The molecule has 0 aliphatic heterocycles. The Hall–Kier alpha value is -3.07. The largest absolute Gasteiger partial charge is 0.508 e. The summed E-state index contributed by atoms with van der Waals surface area (Å²) in [5.74, 6) is 0.262. The standard InChI is InChI=1S/C19H14O3/c20-12-15-8-11-17(22)19(13-4-2-1-3-5-13)18(15)14-6-9-16(21)10-7-14/h1-12,21-22H. The van der Waals surface area contributed by atoms with E-state index in [0.717, 1.165) is 17.4 Å². The number of rotatable bonds is 3. The smallest absolute Gasteiger partial charge is 0.150 e. The Bertz CT molecular complexity index is 806. The maximum Gasteiger partial charge on any atom is 0.150 e. The summed E-state index contributed by atoms with van der Waals surface area (Å²) in [5.41, 5.74) is 3.33. The summed E-state index contributed by atoms with van der Waals surface area (Å²) in [4.78, 5) is 11.4. The minimum Gasteiger partial charge on any atom is -0.508 e. The minimum absolute atomic E-state index is 0.111. The van der Waals surface area contributed by atoms with E-state index >= 15 is 0 Å². The van der Waals surface area contributed by atoms with Crippen LogP contribution in [0, 0.1) is 0 Å². The molecule has 0 aliphatic rings. The Morgan fingerprint density at radius 1 is 0.682 bits per heavy atom. The van der Waals surface area contributed by atoms with Gasteiger partial charge in [-0.2, -0.15) is 0 Å². The van der Waals surface area contributed by atoms with Gasteiger partial charge in [0.15, 0.2) is 6.29 Å². The second kappa shape index (κ2) is 5.74. The van der Waals surface area contributed by atoms with E-state index in [4.69, 9.17) is 0 Å². The number of phenolic OH excluding ortho intramolecular Hbond substituents is 2. The molecule has 3 rings (SSSR count). The molecule has 0 saturated heterocycles. The fourth-order valence-corrected chi connectivity index (χ4v) is 2.54. The van der Waals surface area contributed by atoms with Crippen molar-refractivity contribution in [3.8, 4) is 33.8 Å². The van der Waals surface area contributed by atoms with Crippen molar-refractivity contribution >= 4 is 6.29 Å². The highest BCUT2D eigenvalue weighted by Gasteiger charge is 2.16. The molecule has 3 aromatic carbocycles. The molecule has 0 radical (unpaired) electrons. The molecule has 108 valence electrons. The average molecular weight is 290 g/mol. The number of carbonyl (C=O) groups is 1. The molecule has 0 atom stereocenters. The summed E-state index contributed by atoms with van der Waals surface area (Å²) in [6, 6.07) is 19.1. The summed E-state index contributed by atoms with van der Waals surface area (Å²) in [7, 11) is 0. The topological polar surface area (TPSA) is 57.5 Å². The lowest BCUT2D eigenvalue weighted by atomic mass is 9.90. The predicted octanol–water partition coefficient (Wildman–Crippen LogP) is 4.24. The van der Waals surface area contributed by atoms with E-state index in [1.807, 2.05) is 30.3 Å². The van der Waals surface area contributed by atoms with Gasteiger partial charge in [-0.1, -0.05) is 42.5 Å². The van der Waals surface area contributed by atoms with E-state index in [1.165, 1.54) is 6.07 Å². The molecule has 0 spiro atoms. The number of hydrogen-bond acceptors (Lipinski definition) is 3. The molecule has 0 bridgehead atoms. The molecular weight excluding hydrogens is 276 g/mol. The van der Waals surface area contributed by atoms with E-state index in [-0.39, 0.29) is 11.5 Å². The summed E-state index contributed by atoms with van der Waals surface area (Å²) in [6.45, 7) is 0. The van der Waals surface area contributed by atoms with Crippen molar-refractivity contribution in [3.05, 3.63) is 72.3 Å². The normalized spacial score (nSPS) is 10.4. The van der Waals surface area contributed by atoms with E-state index in [2.05, 4.69) is 0 Å². The van der Waals surface area contributed by atoms with Crippen molar-refractivity contribution in [2.45, 2.75) is 0 Å². The molecule has 3 aromatic rings. The van der Waals surface area contributed by atoms with Crippen LogP contribution >= 0.6 is 0 Å². The van der Waals surface area contributed by atoms with Crippen LogP contribution in [0.25, 0.3) is 22.3 Å². The fraction of sp³-hybridized carbons (Fsp3) is 0. The summed E-state index contributed by atoms with van der Waals surface area (Å²) in [6.07, 6.45) is 0.772. The van der Waals surface area contributed by atoms with Gasteiger partial charge in [0.25, 0.3) is 0 Å². The first-order chi connectivity index (χ1) is 10.7. The lowest BCUT2D eigenvalue weighted by molar-refractivity contribution is 0.112. The van der Waals surface area contributed by atoms with Crippen LogP contribution in [0.4, 0.5) is 0 Å². The number of aromatic hydroxyl groups is 2. The van der Waals surface area contributed by atoms with Crippen LogP contribution < -0.4 is 0 Å². The minimum atomic E-state index is 0.111. The van der Waals surface area contributed by atoms with Crippen molar-refractivity contribution in [1.82, 2.24) is 0 Å². The lowest BCUT2D eigenvalue weighted by Gasteiger charge is -2.14. The van der Waals surface area contributed by atoms with Gasteiger partial charge >= 0.3 is 0 Å². The monoisotopic (exact) mass is 290 g/mol. The van der Waals surface area contributed by atoms with Crippen LogP contribution in [0.2, 0.25) is 0 Å². The Morgan fingerprint density at radius 2 is 1.32 bits per heavy atom. The number of aldehydes is 1. The Morgan fingerprint density at radius 3 is 1.95 bits per heavy atom. The third kappa shape index (κ3) is 2.44. The van der Waals surface area contributed by atoms with Gasteiger partial charge in [0.2, 0.25) is 0 Å². The van der Waals surface area contributed by atoms with Gasteiger partial charge in [0, 0.05) is 16.7 Å². The Kier molecular flexibility index (Phi) is 3.62. The molecular formula is C19H14O3. The van der Waals surface area contributed by atoms with Crippen LogP contribution in [0.3, 0.4) is 0 Å². The van der Waals surface area contributed by atoms with Crippen molar-refractivity contribution in [2.24, 2.45) is 0 Å². The summed E-state index contributed by atoms with van der Waals surface area (Å²) >= 11 is 0. The first-order valence-electron chi connectivity index (χ1n) is 6.86. The van der Waals surface area contributed by atoms with Crippen LogP contribution in [-0.2, 0) is 0 Å². The molecule has 0 unspecified atom stereocenters. The molecule has 0 aliphatic carbocycles. The molecule has 22 heavy (non-hydrogen) atoms. The maximum absolute atomic E-state index is 11.4. The second-order valence-electron chi connectivity index (χ2n) is 4.95. The SMILES string of the molecule is O=Cc1ccc(O)c(-c2ccccc2)c1-c1ccc(O)cc1. The number of carbonyl (C=O) groups excluding carboxylic acids is 1. The number of hydrogen-bond donors (Lipinski definition) is 2. The molecule has 0 heterocycles. The van der Waals surface area contributed by atoms with Gasteiger partial charge in [-0.3, -0.25) is 4.79 Å². The molecule has 2 N–H and O–H groups in total. The lowest BCUT2D eigenvalue weighted by Crippen LogP contribution is -1.93. The highest BCUT2D eigenvalue weighted by molar-refractivity contribution is 5.98.